The fourth-order valence-electron chi connectivity index (χ4n) is 2.63. The quantitative estimate of drug-likeness (QED) is 0.512. The molecule has 0 aliphatic carbocycles. The molecule has 1 heterocycles. The van der Waals surface area contributed by atoms with E-state index in [4.69, 9.17) is 4.98 Å². The largest absolute Gasteiger partial charge is 0.306 e. The zero-order chi connectivity index (χ0) is 15.7. The van der Waals surface area contributed by atoms with Gasteiger partial charge in [0.2, 0.25) is 0 Å². The normalized spacial score (nSPS) is 13.0. The number of thiazole rings is 1. The maximum Gasteiger partial charge on any atom is 0.110 e. The Kier molecular flexibility index (Phi) is 9.18. The Bertz CT molecular complexity index is 365. The number of hydrogen-bond donors (Lipinski definition) is 1. The predicted octanol–water partition coefficient (Wildman–Crippen LogP) is 5.94. The van der Waals surface area contributed by atoms with E-state index in [2.05, 4.69) is 39.9 Å². The summed E-state index contributed by atoms with van der Waals surface area (Å²) in [6, 6.07) is 0.960. The third-order valence-electron chi connectivity index (χ3n) is 3.97. The van der Waals surface area contributed by atoms with Gasteiger partial charge in [-0.25, -0.2) is 4.98 Å². The van der Waals surface area contributed by atoms with Crippen molar-refractivity contribution in [3.63, 3.8) is 0 Å². The molecule has 1 N–H and O–H groups in total. The fraction of sp³-hybridized carbons (Fsp3) is 0.833. The van der Waals surface area contributed by atoms with Crippen molar-refractivity contribution in [1.29, 1.82) is 0 Å². The first kappa shape index (κ1) is 18.6. The third kappa shape index (κ3) is 7.42. The van der Waals surface area contributed by atoms with Crippen LogP contribution in [0.1, 0.15) is 93.8 Å². The molecule has 1 aromatic rings. The van der Waals surface area contributed by atoms with E-state index in [1.807, 2.05) is 11.3 Å². The highest BCUT2D eigenvalue weighted by atomic mass is 32.1. The highest BCUT2D eigenvalue weighted by Gasteiger charge is 2.16. The molecule has 0 radical (unpaired) electrons. The summed E-state index contributed by atoms with van der Waals surface area (Å²) in [5.74, 6) is 0. The lowest BCUT2D eigenvalue weighted by molar-refractivity contribution is 0.429. The van der Waals surface area contributed by atoms with E-state index in [1.54, 1.807) is 0 Å². The first-order chi connectivity index (χ1) is 10.0. The van der Waals surface area contributed by atoms with Crippen LogP contribution in [0.15, 0.2) is 0 Å². The second-order valence-corrected chi connectivity index (χ2v) is 7.71. The summed E-state index contributed by atoms with van der Waals surface area (Å²) in [6.45, 7) is 11.0. The molecule has 0 saturated heterocycles. The smallest absolute Gasteiger partial charge is 0.110 e. The number of aryl methyl sites for hydroxylation is 2. The molecule has 0 amide bonds. The van der Waals surface area contributed by atoms with Gasteiger partial charge in [0, 0.05) is 10.9 Å². The number of rotatable bonds is 11. The lowest BCUT2D eigenvalue weighted by atomic mass is 10.0. The van der Waals surface area contributed by atoms with Crippen molar-refractivity contribution in [1.82, 2.24) is 10.3 Å². The van der Waals surface area contributed by atoms with Crippen molar-refractivity contribution < 1.29 is 0 Å². The minimum Gasteiger partial charge on any atom is -0.306 e. The van der Waals surface area contributed by atoms with Gasteiger partial charge in [0.05, 0.1) is 11.7 Å². The van der Waals surface area contributed by atoms with E-state index in [0.717, 1.165) is 0 Å². The Morgan fingerprint density at radius 2 is 1.62 bits per heavy atom. The van der Waals surface area contributed by atoms with Crippen molar-refractivity contribution in [3.8, 4) is 0 Å². The van der Waals surface area contributed by atoms with Crippen molar-refractivity contribution >= 4 is 11.3 Å². The van der Waals surface area contributed by atoms with Crippen LogP contribution in [0.3, 0.4) is 0 Å². The van der Waals surface area contributed by atoms with Crippen molar-refractivity contribution in [2.75, 3.05) is 0 Å². The SMILES string of the molecule is CCCCCCCCCC(NC(C)C)c1nc(C)c(C)s1. The molecule has 0 aromatic carbocycles. The summed E-state index contributed by atoms with van der Waals surface area (Å²) in [4.78, 5) is 6.12. The third-order valence-corrected chi connectivity index (χ3v) is 5.16. The molecule has 0 aliphatic rings. The minimum atomic E-state index is 0.443. The number of nitrogens with zero attached hydrogens (tertiary/aromatic N) is 1. The van der Waals surface area contributed by atoms with Crippen LogP contribution in [0.25, 0.3) is 0 Å². The molecule has 21 heavy (non-hydrogen) atoms. The Labute approximate surface area is 135 Å². The van der Waals surface area contributed by atoms with Crippen LogP contribution in [-0.2, 0) is 0 Å². The van der Waals surface area contributed by atoms with E-state index in [9.17, 15) is 0 Å². The second kappa shape index (κ2) is 10.3. The van der Waals surface area contributed by atoms with Gasteiger partial charge in [0.25, 0.3) is 0 Å². The summed E-state index contributed by atoms with van der Waals surface area (Å²) in [5, 5.41) is 4.98. The van der Waals surface area contributed by atoms with Crippen molar-refractivity contribution in [2.45, 2.75) is 98.1 Å². The maximum absolute atomic E-state index is 4.76. The molecule has 1 aromatic heterocycles. The number of hydrogen-bond acceptors (Lipinski definition) is 3. The Morgan fingerprint density at radius 1 is 1.00 bits per heavy atom. The van der Waals surface area contributed by atoms with Crippen molar-refractivity contribution in [2.24, 2.45) is 0 Å². The van der Waals surface area contributed by atoms with Crippen LogP contribution in [0.4, 0.5) is 0 Å². The standard InChI is InChI=1S/C18H34N2S/c1-6-7-8-9-10-11-12-13-17(19-14(2)3)18-20-15(4)16(5)21-18/h14,17,19H,6-13H2,1-5H3. The summed E-state index contributed by atoms with van der Waals surface area (Å²) >= 11 is 1.87. The molecule has 0 fully saturated rings. The van der Waals surface area contributed by atoms with Gasteiger partial charge in [-0.3, -0.25) is 0 Å². The Balaban J connectivity index is 2.37. The maximum atomic E-state index is 4.76. The molecular formula is C18H34N2S. The summed E-state index contributed by atoms with van der Waals surface area (Å²) in [7, 11) is 0. The highest BCUT2D eigenvalue weighted by molar-refractivity contribution is 7.11. The van der Waals surface area contributed by atoms with E-state index in [-0.39, 0.29) is 0 Å². The Hall–Kier alpha value is -0.410. The summed E-state index contributed by atoms with van der Waals surface area (Å²) < 4.78 is 0. The number of nitrogens with one attached hydrogen (secondary N) is 1. The van der Waals surface area contributed by atoms with Gasteiger partial charge >= 0.3 is 0 Å². The molecule has 3 heteroatoms. The van der Waals surface area contributed by atoms with Crippen LogP contribution >= 0.6 is 11.3 Å². The molecule has 0 aliphatic heterocycles. The molecule has 0 spiro atoms. The van der Waals surface area contributed by atoms with Crippen LogP contribution in [-0.4, -0.2) is 11.0 Å². The van der Waals surface area contributed by atoms with E-state index in [1.165, 1.54) is 66.9 Å². The molecule has 122 valence electrons. The van der Waals surface area contributed by atoms with Gasteiger partial charge in [-0.05, 0) is 20.3 Å². The average molecular weight is 311 g/mol. The van der Waals surface area contributed by atoms with Gasteiger partial charge in [0.1, 0.15) is 5.01 Å². The summed E-state index contributed by atoms with van der Waals surface area (Å²) in [6.07, 6.45) is 10.8. The van der Waals surface area contributed by atoms with E-state index < -0.39 is 0 Å². The molecule has 0 bridgehead atoms. The van der Waals surface area contributed by atoms with Gasteiger partial charge in [-0.15, -0.1) is 11.3 Å². The number of unbranched alkanes of at least 4 members (excludes halogenated alkanes) is 6. The molecular weight excluding hydrogens is 276 g/mol. The fourth-order valence-corrected chi connectivity index (χ4v) is 3.65. The first-order valence-electron chi connectivity index (χ1n) is 8.74. The van der Waals surface area contributed by atoms with Gasteiger partial charge in [0.15, 0.2) is 0 Å². The van der Waals surface area contributed by atoms with Crippen LogP contribution < -0.4 is 5.32 Å². The average Bonchev–Trinajstić information content (AvgIpc) is 2.76. The van der Waals surface area contributed by atoms with E-state index >= 15 is 0 Å². The zero-order valence-corrected chi connectivity index (χ0v) is 15.5. The predicted molar refractivity (Wildman–Crippen MR) is 95.2 cm³/mol. The molecule has 1 rings (SSSR count). The highest BCUT2D eigenvalue weighted by Crippen LogP contribution is 2.27. The van der Waals surface area contributed by atoms with Crippen LogP contribution in [0.5, 0.6) is 0 Å². The first-order valence-corrected chi connectivity index (χ1v) is 9.56. The molecule has 0 saturated carbocycles. The van der Waals surface area contributed by atoms with Crippen LogP contribution in [0.2, 0.25) is 0 Å². The minimum absolute atomic E-state index is 0.443. The molecule has 2 nitrogen and oxygen atoms in total. The summed E-state index contributed by atoms with van der Waals surface area (Å²) in [5.41, 5.74) is 1.20. The van der Waals surface area contributed by atoms with Gasteiger partial charge in [-0.1, -0.05) is 65.7 Å². The monoisotopic (exact) mass is 310 g/mol. The zero-order valence-electron chi connectivity index (χ0n) is 14.7. The molecule has 1 unspecified atom stereocenters. The van der Waals surface area contributed by atoms with Gasteiger partial charge in [-0.2, -0.15) is 0 Å². The van der Waals surface area contributed by atoms with Crippen LogP contribution in [0, 0.1) is 13.8 Å². The topological polar surface area (TPSA) is 24.9 Å². The lowest BCUT2D eigenvalue weighted by Crippen LogP contribution is -2.28. The van der Waals surface area contributed by atoms with Gasteiger partial charge < -0.3 is 5.32 Å². The molecule has 1 atom stereocenters. The Morgan fingerprint density at radius 3 is 2.14 bits per heavy atom. The lowest BCUT2D eigenvalue weighted by Gasteiger charge is -2.19. The number of aromatic nitrogens is 1. The van der Waals surface area contributed by atoms with Crippen molar-refractivity contribution in [3.05, 3.63) is 15.6 Å². The second-order valence-electron chi connectivity index (χ2n) is 6.48. The van der Waals surface area contributed by atoms with E-state index in [0.29, 0.717) is 12.1 Å².